The zero-order chi connectivity index (χ0) is 22.1. The van der Waals surface area contributed by atoms with Crippen LogP contribution in [0.25, 0.3) is 21.7 Å². The summed E-state index contributed by atoms with van der Waals surface area (Å²) in [7, 11) is 0. The van der Waals surface area contributed by atoms with Crippen LogP contribution in [0.5, 0.6) is 0 Å². The van der Waals surface area contributed by atoms with Crippen molar-refractivity contribution >= 4 is 27.6 Å². The largest absolute Gasteiger partial charge is 0.464 e. The van der Waals surface area contributed by atoms with Crippen molar-refractivity contribution in [2.24, 2.45) is 0 Å². The summed E-state index contributed by atoms with van der Waals surface area (Å²) in [4.78, 5) is 15.0. The number of furan rings is 1. The van der Waals surface area contributed by atoms with E-state index in [2.05, 4.69) is 22.3 Å². The van der Waals surface area contributed by atoms with Crippen LogP contribution in [-0.4, -0.2) is 29.9 Å². The van der Waals surface area contributed by atoms with Crippen molar-refractivity contribution < 1.29 is 18.0 Å². The molecule has 3 aromatic carbocycles. The van der Waals surface area contributed by atoms with Crippen LogP contribution in [-0.2, 0) is 17.8 Å². The van der Waals surface area contributed by atoms with E-state index in [0.29, 0.717) is 6.54 Å². The van der Waals surface area contributed by atoms with Gasteiger partial charge in [0, 0.05) is 36.6 Å². The lowest BCUT2D eigenvalue weighted by Gasteiger charge is -2.32. The SMILES string of the molecule is O=C(Cc1coc2ccc3ccccc3c12)NC1CCN(Cc2ccc(F)c(F)c2)CC1. The number of amides is 1. The Kier molecular flexibility index (Phi) is 5.62. The van der Waals surface area contributed by atoms with Crippen molar-refractivity contribution in [3.8, 4) is 0 Å². The van der Waals surface area contributed by atoms with Crippen LogP contribution in [0.4, 0.5) is 8.78 Å². The Labute approximate surface area is 184 Å². The van der Waals surface area contributed by atoms with Crippen LogP contribution >= 0.6 is 0 Å². The zero-order valence-corrected chi connectivity index (χ0v) is 17.6. The van der Waals surface area contributed by atoms with E-state index >= 15 is 0 Å². The fourth-order valence-corrected chi connectivity index (χ4v) is 4.59. The van der Waals surface area contributed by atoms with Gasteiger partial charge in [0.2, 0.25) is 5.91 Å². The number of carbonyl (C=O) groups excluding carboxylic acids is 1. The van der Waals surface area contributed by atoms with Crippen molar-refractivity contribution in [3.05, 3.63) is 83.6 Å². The molecule has 1 fully saturated rings. The van der Waals surface area contributed by atoms with Gasteiger partial charge < -0.3 is 9.73 Å². The van der Waals surface area contributed by atoms with E-state index in [-0.39, 0.29) is 18.4 Å². The molecule has 6 heteroatoms. The second-order valence-corrected chi connectivity index (χ2v) is 8.46. The van der Waals surface area contributed by atoms with E-state index in [0.717, 1.165) is 58.8 Å². The van der Waals surface area contributed by atoms with Crippen molar-refractivity contribution in [2.75, 3.05) is 13.1 Å². The van der Waals surface area contributed by atoms with E-state index < -0.39 is 11.6 Å². The summed E-state index contributed by atoms with van der Waals surface area (Å²) < 4.78 is 32.2. The lowest BCUT2D eigenvalue weighted by atomic mass is 10.0. The number of benzene rings is 3. The number of fused-ring (bicyclic) bond motifs is 3. The average Bonchev–Trinajstić information content (AvgIpc) is 3.21. The number of rotatable bonds is 5. The highest BCUT2D eigenvalue weighted by atomic mass is 19.2. The van der Waals surface area contributed by atoms with E-state index in [9.17, 15) is 13.6 Å². The second kappa shape index (κ2) is 8.71. The van der Waals surface area contributed by atoms with Crippen LogP contribution in [0, 0.1) is 11.6 Å². The summed E-state index contributed by atoms with van der Waals surface area (Å²) in [5.41, 5.74) is 2.44. The second-order valence-electron chi connectivity index (χ2n) is 8.46. The van der Waals surface area contributed by atoms with Gasteiger partial charge in [-0.25, -0.2) is 8.78 Å². The number of likely N-dealkylation sites (tertiary alicyclic amines) is 1. The summed E-state index contributed by atoms with van der Waals surface area (Å²) in [6.45, 7) is 2.17. The maximum absolute atomic E-state index is 13.4. The number of nitrogens with one attached hydrogen (secondary N) is 1. The van der Waals surface area contributed by atoms with Gasteiger partial charge in [0.25, 0.3) is 0 Å². The topological polar surface area (TPSA) is 45.5 Å². The predicted octanol–water partition coefficient (Wildman–Crippen LogP) is 5.19. The first-order chi connectivity index (χ1) is 15.6. The molecular weight excluding hydrogens is 410 g/mol. The molecule has 1 N–H and O–H groups in total. The van der Waals surface area contributed by atoms with Gasteiger partial charge in [0.05, 0.1) is 12.7 Å². The van der Waals surface area contributed by atoms with Gasteiger partial charge in [-0.2, -0.15) is 0 Å². The number of hydrogen-bond donors (Lipinski definition) is 1. The van der Waals surface area contributed by atoms with Crippen LogP contribution in [0.2, 0.25) is 0 Å². The summed E-state index contributed by atoms with van der Waals surface area (Å²) in [5.74, 6) is -1.66. The number of hydrogen-bond acceptors (Lipinski definition) is 3. The van der Waals surface area contributed by atoms with Gasteiger partial charge in [-0.3, -0.25) is 9.69 Å². The van der Waals surface area contributed by atoms with Crippen molar-refractivity contribution in [1.29, 1.82) is 0 Å². The van der Waals surface area contributed by atoms with Crippen LogP contribution < -0.4 is 5.32 Å². The molecule has 0 radical (unpaired) electrons. The molecule has 4 aromatic rings. The predicted molar refractivity (Wildman–Crippen MR) is 120 cm³/mol. The number of piperidine rings is 1. The van der Waals surface area contributed by atoms with Gasteiger partial charge in [-0.1, -0.05) is 36.4 Å². The van der Waals surface area contributed by atoms with Crippen LogP contribution in [0.15, 0.2) is 65.3 Å². The molecule has 1 aliphatic rings. The molecule has 0 unspecified atom stereocenters. The molecule has 32 heavy (non-hydrogen) atoms. The number of halogens is 2. The Balaban J connectivity index is 1.19. The molecule has 0 atom stereocenters. The quantitative estimate of drug-likeness (QED) is 0.470. The van der Waals surface area contributed by atoms with Crippen molar-refractivity contribution in [1.82, 2.24) is 10.2 Å². The molecule has 1 aromatic heterocycles. The van der Waals surface area contributed by atoms with Crippen LogP contribution in [0.3, 0.4) is 0 Å². The Morgan fingerprint density at radius 1 is 1.03 bits per heavy atom. The fourth-order valence-electron chi connectivity index (χ4n) is 4.59. The standard InChI is InChI=1S/C26H24F2N2O2/c27-22-7-5-17(13-23(22)28)15-30-11-9-20(10-12-30)29-25(31)14-19-16-32-24-8-6-18-3-1-2-4-21(18)26(19)24/h1-8,13,16,20H,9-12,14-15H2,(H,29,31). The molecule has 0 saturated carbocycles. The normalized spacial score (nSPS) is 15.4. The minimum absolute atomic E-state index is 0.0142. The van der Waals surface area contributed by atoms with Gasteiger partial charge in [-0.05, 0) is 47.4 Å². The van der Waals surface area contributed by atoms with Gasteiger partial charge in [-0.15, -0.1) is 0 Å². The Morgan fingerprint density at radius 3 is 2.66 bits per heavy atom. The highest BCUT2D eigenvalue weighted by Gasteiger charge is 2.22. The van der Waals surface area contributed by atoms with Crippen molar-refractivity contribution in [3.63, 3.8) is 0 Å². The molecule has 2 heterocycles. The molecule has 0 aliphatic carbocycles. The third-order valence-corrected chi connectivity index (χ3v) is 6.23. The van der Waals surface area contributed by atoms with Crippen LogP contribution in [0.1, 0.15) is 24.0 Å². The minimum Gasteiger partial charge on any atom is -0.464 e. The van der Waals surface area contributed by atoms with E-state index in [1.165, 1.54) is 12.1 Å². The lowest BCUT2D eigenvalue weighted by Crippen LogP contribution is -2.44. The highest BCUT2D eigenvalue weighted by molar-refractivity contribution is 6.08. The molecule has 1 amide bonds. The molecule has 164 valence electrons. The maximum Gasteiger partial charge on any atom is 0.224 e. The third-order valence-electron chi connectivity index (χ3n) is 6.23. The number of nitrogens with zero attached hydrogens (tertiary/aromatic N) is 1. The number of carbonyl (C=O) groups is 1. The van der Waals surface area contributed by atoms with E-state index in [1.54, 1.807) is 12.3 Å². The summed E-state index contributed by atoms with van der Waals surface area (Å²) in [6.07, 6.45) is 3.60. The molecule has 1 saturated heterocycles. The third kappa shape index (κ3) is 4.23. The van der Waals surface area contributed by atoms with E-state index in [1.807, 2.05) is 24.3 Å². The molecule has 1 aliphatic heterocycles. The Hall–Kier alpha value is -3.25. The molecule has 4 nitrogen and oxygen atoms in total. The van der Waals surface area contributed by atoms with Gasteiger partial charge in [0.1, 0.15) is 5.58 Å². The Bertz CT molecular complexity index is 1280. The monoisotopic (exact) mass is 434 g/mol. The zero-order valence-electron chi connectivity index (χ0n) is 17.6. The summed E-state index contributed by atoms with van der Waals surface area (Å²) in [5, 5.41) is 6.37. The molecular formula is C26H24F2N2O2. The van der Waals surface area contributed by atoms with Crippen molar-refractivity contribution in [2.45, 2.75) is 31.8 Å². The minimum atomic E-state index is -0.825. The average molecular weight is 434 g/mol. The fraction of sp³-hybridized carbons (Fsp3) is 0.269. The first-order valence-electron chi connectivity index (χ1n) is 10.9. The first-order valence-corrected chi connectivity index (χ1v) is 10.9. The molecule has 0 spiro atoms. The lowest BCUT2D eigenvalue weighted by molar-refractivity contribution is -0.121. The smallest absolute Gasteiger partial charge is 0.224 e. The van der Waals surface area contributed by atoms with E-state index in [4.69, 9.17) is 4.42 Å². The molecule has 0 bridgehead atoms. The van der Waals surface area contributed by atoms with Gasteiger partial charge >= 0.3 is 0 Å². The molecule has 5 rings (SSSR count). The summed E-state index contributed by atoms with van der Waals surface area (Å²) in [6, 6.07) is 16.2. The first kappa shape index (κ1) is 20.6. The summed E-state index contributed by atoms with van der Waals surface area (Å²) >= 11 is 0. The maximum atomic E-state index is 13.4. The Morgan fingerprint density at radius 2 is 1.84 bits per heavy atom. The highest BCUT2D eigenvalue weighted by Crippen LogP contribution is 2.30. The van der Waals surface area contributed by atoms with Gasteiger partial charge in [0.15, 0.2) is 11.6 Å².